The van der Waals surface area contributed by atoms with Crippen molar-refractivity contribution in [2.45, 2.75) is 32.2 Å². The lowest BCUT2D eigenvalue weighted by atomic mass is 10.1. The molecule has 3 rings (SSSR count). The summed E-state index contributed by atoms with van der Waals surface area (Å²) in [5, 5.41) is 2.77. The lowest BCUT2D eigenvalue weighted by molar-refractivity contribution is 0.0943. The van der Waals surface area contributed by atoms with E-state index in [9.17, 15) is 13.6 Å². The highest BCUT2D eigenvalue weighted by atomic mass is 32.1. The van der Waals surface area contributed by atoms with E-state index in [0.717, 1.165) is 25.3 Å². The number of nitrogens with one attached hydrogen (secondary N) is 1. The van der Waals surface area contributed by atoms with Crippen LogP contribution < -0.4 is 5.32 Å². The van der Waals surface area contributed by atoms with Gasteiger partial charge in [0.2, 0.25) is 0 Å². The number of fused-ring (bicyclic) bond motifs is 1. The molecule has 0 unspecified atom stereocenters. The van der Waals surface area contributed by atoms with Gasteiger partial charge in [-0.05, 0) is 43.9 Å². The fraction of sp³-hybridized carbons (Fsp3) is 0.312. The summed E-state index contributed by atoms with van der Waals surface area (Å²) in [5.74, 6) is -1.47. The first-order valence-corrected chi connectivity index (χ1v) is 7.73. The molecule has 2 nitrogen and oxygen atoms in total. The third-order valence-corrected chi connectivity index (χ3v) is 4.98. The van der Waals surface area contributed by atoms with Crippen LogP contribution in [0.5, 0.6) is 0 Å². The summed E-state index contributed by atoms with van der Waals surface area (Å²) in [5.41, 5.74) is 1.54. The van der Waals surface area contributed by atoms with Crippen molar-refractivity contribution in [2.75, 3.05) is 0 Å². The van der Waals surface area contributed by atoms with Gasteiger partial charge < -0.3 is 5.32 Å². The Balaban J connectivity index is 1.74. The molecule has 0 radical (unpaired) electrons. The molecule has 0 saturated carbocycles. The summed E-state index contributed by atoms with van der Waals surface area (Å²) in [4.78, 5) is 14.2. The van der Waals surface area contributed by atoms with Gasteiger partial charge in [0.05, 0.1) is 10.9 Å². The first-order valence-electron chi connectivity index (χ1n) is 6.92. The molecule has 1 heterocycles. The number of rotatable bonds is 3. The van der Waals surface area contributed by atoms with Crippen LogP contribution in [0.1, 0.15) is 45.1 Å². The molecular formula is C16H15F2NOS. The second-order valence-electron chi connectivity index (χ2n) is 5.27. The first-order chi connectivity index (χ1) is 10.0. The number of carbonyl (C=O) groups excluding carboxylic acids is 1. The Morgan fingerprint density at radius 3 is 2.81 bits per heavy atom. The predicted octanol–water partition coefficient (Wildman–Crippen LogP) is 4.01. The molecule has 1 aliphatic rings. The number of aryl methyl sites for hydroxylation is 2. The minimum Gasteiger partial charge on any atom is -0.345 e. The van der Waals surface area contributed by atoms with Crippen LogP contribution in [-0.4, -0.2) is 5.91 Å². The van der Waals surface area contributed by atoms with Gasteiger partial charge >= 0.3 is 0 Å². The summed E-state index contributed by atoms with van der Waals surface area (Å²) >= 11 is 1.51. The van der Waals surface area contributed by atoms with Crippen LogP contribution in [0.3, 0.4) is 0 Å². The minimum atomic E-state index is -0.642. The van der Waals surface area contributed by atoms with Crippen LogP contribution in [0.25, 0.3) is 0 Å². The molecule has 1 N–H and O–H groups in total. The van der Waals surface area contributed by atoms with Crippen LogP contribution >= 0.6 is 11.3 Å². The smallest absolute Gasteiger partial charge is 0.261 e. The molecule has 5 heteroatoms. The quantitative estimate of drug-likeness (QED) is 0.912. The van der Waals surface area contributed by atoms with E-state index in [1.165, 1.54) is 33.9 Å². The summed E-state index contributed by atoms with van der Waals surface area (Å²) in [7, 11) is 0. The highest BCUT2D eigenvalue weighted by molar-refractivity contribution is 7.14. The van der Waals surface area contributed by atoms with Crippen molar-refractivity contribution in [1.29, 1.82) is 0 Å². The monoisotopic (exact) mass is 307 g/mol. The van der Waals surface area contributed by atoms with E-state index in [2.05, 4.69) is 5.32 Å². The molecule has 0 aliphatic heterocycles. The Kier molecular flexibility index (Phi) is 3.76. The van der Waals surface area contributed by atoms with Gasteiger partial charge in [-0.3, -0.25) is 4.79 Å². The Morgan fingerprint density at radius 1 is 1.29 bits per heavy atom. The summed E-state index contributed by atoms with van der Waals surface area (Å²) in [6, 6.07) is 4.81. The van der Waals surface area contributed by atoms with E-state index < -0.39 is 17.7 Å². The Labute approximate surface area is 125 Å². The van der Waals surface area contributed by atoms with E-state index in [-0.39, 0.29) is 11.5 Å². The number of thiophene rings is 1. The second-order valence-corrected chi connectivity index (χ2v) is 6.41. The maximum absolute atomic E-state index is 13.7. The molecule has 2 aromatic rings. The van der Waals surface area contributed by atoms with Crippen molar-refractivity contribution in [3.8, 4) is 0 Å². The molecule has 0 spiro atoms. The number of hydrogen-bond acceptors (Lipinski definition) is 2. The molecule has 21 heavy (non-hydrogen) atoms. The van der Waals surface area contributed by atoms with Gasteiger partial charge in [0.1, 0.15) is 11.6 Å². The number of hydrogen-bond donors (Lipinski definition) is 1. The standard InChI is InChI=1S/C16H15F2NOS/c1-9(12-6-5-11(17)8-13(12)18)19-16(20)15-7-10-3-2-4-14(10)21-15/h5-9H,2-4H2,1H3,(H,19,20)/t9-/m1/s1. The average molecular weight is 307 g/mol. The van der Waals surface area contributed by atoms with E-state index >= 15 is 0 Å². The Morgan fingerprint density at radius 2 is 2.10 bits per heavy atom. The highest BCUT2D eigenvalue weighted by Gasteiger charge is 2.20. The maximum atomic E-state index is 13.7. The molecule has 1 aromatic heterocycles. The van der Waals surface area contributed by atoms with Crippen LogP contribution in [-0.2, 0) is 12.8 Å². The summed E-state index contributed by atoms with van der Waals surface area (Å²) < 4.78 is 26.6. The number of benzene rings is 1. The van der Waals surface area contributed by atoms with Gasteiger partial charge in [0.15, 0.2) is 0 Å². The van der Waals surface area contributed by atoms with Crippen molar-refractivity contribution in [2.24, 2.45) is 0 Å². The lowest BCUT2D eigenvalue weighted by Gasteiger charge is -2.14. The van der Waals surface area contributed by atoms with E-state index in [4.69, 9.17) is 0 Å². The van der Waals surface area contributed by atoms with Crippen LogP contribution in [0.15, 0.2) is 24.3 Å². The fourth-order valence-corrected chi connectivity index (χ4v) is 3.80. The highest BCUT2D eigenvalue weighted by Crippen LogP contribution is 2.31. The van der Waals surface area contributed by atoms with Gasteiger partial charge in [-0.2, -0.15) is 0 Å². The lowest BCUT2D eigenvalue weighted by Crippen LogP contribution is -2.26. The largest absolute Gasteiger partial charge is 0.345 e. The third-order valence-electron chi connectivity index (χ3n) is 3.75. The zero-order chi connectivity index (χ0) is 15.0. The Bertz CT molecular complexity index is 674. The van der Waals surface area contributed by atoms with E-state index in [1.54, 1.807) is 6.92 Å². The maximum Gasteiger partial charge on any atom is 0.261 e. The fourth-order valence-electron chi connectivity index (χ4n) is 2.64. The van der Waals surface area contributed by atoms with E-state index in [1.807, 2.05) is 6.07 Å². The molecule has 0 fully saturated rings. The molecule has 0 bridgehead atoms. The van der Waals surface area contributed by atoms with E-state index in [0.29, 0.717) is 4.88 Å². The van der Waals surface area contributed by atoms with Crippen molar-refractivity contribution in [3.63, 3.8) is 0 Å². The number of halogens is 2. The molecule has 1 atom stereocenters. The molecule has 1 aromatic carbocycles. The van der Waals surface area contributed by atoms with Crippen molar-refractivity contribution in [3.05, 3.63) is 56.8 Å². The first kappa shape index (κ1) is 14.2. The zero-order valence-corrected chi connectivity index (χ0v) is 12.4. The van der Waals surface area contributed by atoms with Gasteiger partial charge in [-0.1, -0.05) is 6.07 Å². The van der Waals surface area contributed by atoms with Gasteiger partial charge in [-0.25, -0.2) is 8.78 Å². The van der Waals surface area contributed by atoms with Crippen LogP contribution in [0, 0.1) is 11.6 Å². The minimum absolute atomic E-state index is 0.203. The van der Waals surface area contributed by atoms with Crippen LogP contribution in [0.2, 0.25) is 0 Å². The second kappa shape index (κ2) is 5.56. The molecule has 1 aliphatic carbocycles. The SMILES string of the molecule is C[C@@H](NC(=O)c1cc2c(s1)CCC2)c1ccc(F)cc1F. The molecule has 0 saturated heterocycles. The topological polar surface area (TPSA) is 29.1 Å². The Hall–Kier alpha value is -1.75. The number of amides is 1. The molecular weight excluding hydrogens is 292 g/mol. The van der Waals surface area contributed by atoms with Gasteiger partial charge in [0.25, 0.3) is 5.91 Å². The molecule has 110 valence electrons. The van der Waals surface area contributed by atoms with Gasteiger partial charge in [0, 0.05) is 16.5 Å². The van der Waals surface area contributed by atoms with Crippen LogP contribution in [0.4, 0.5) is 8.78 Å². The predicted molar refractivity (Wildman–Crippen MR) is 78.6 cm³/mol. The van der Waals surface area contributed by atoms with Crippen molar-refractivity contribution in [1.82, 2.24) is 5.32 Å². The summed E-state index contributed by atoms with van der Waals surface area (Å²) in [6.45, 7) is 1.69. The van der Waals surface area contributed by atoms with Crippen molar-refractivity contribution < 1.29 is 13.6 Å². The third kappa shape index (κ3) is 2.83. The van der Waals surface area contributed by atoms with Crippen molar-refractivity contribution >= 4 is 17.2 Å². The summed E-state index contributed by atoms with van der Waals surface area (Å²) in [6.07, 6.45) is 3.22. The zero-order valence-electron chi connectivity index (χ0n) is 11.6. The molecule has 1 amide bonds. The average Bonchev–Trinajstić information content (AvgIpc) is 2.98. The van der Waals surface area contributed by atoms with Gasteiger partial charge in [-0.15, -0.1) is 11.3 Å². The number of carbonyl (C=O) groups is 1. The normalized spacial score (nSPS) is 14.8.